The highest BCUT2D eigenvalue weighted by Crippen LogP contribution is 2.15. The summed E-state index contributed by atoms with van der Waals surface area (Å²) in [5, 5.41) is 4.23. The van der Waals surface area contributed by atoms with Gasteiger partial charge in [0.1, 0.15) is 5.75 Å². The second-order valence-electron chi connectivity index (χ2n) is 4.17. The van der Waals surface area contributed by atoms with E-state index in [-0.39, 0.29) is 0 Å². The lowest BCUT2D eigenvalue weighted by Gasteiger charge is -2.13. The Kier molecular flexibility index (Phi) is 5.66. The molecule has 0 heterocycles. The van der Waals surface area contributed by atoms with Crippen LogP contribution in [0.1, 0.15) is 6.92 Å². The predicted molar refractivity (Wildman–Crippen MR) is 92.0 cm³/mol. The standard InChI is InChI=1S/C15H16ClN3OS/c1-2-20-14-9-7-12(8-10-14)17-15(21)19-18-13-5-3-11(16)4-6-13/h3-10,18H,2H2,1H3,(H2,17,19,21). The third kappa shape index (κ3) is 5.13. The van der Waals surface area contributed by atoms with Crippen molar-refractivity contribution in [1.82, 2.24) is 5.43 Å². The fourth-order valence-corrected chi connectivity index (χ4v) is 1.92. The van der Waals surface area contributed by atoms with Gasteiger partial charge in [0, 0.05) is 10.7 Å². The first-order chi connectivity index (χ1) is 10.2. The van der Waals surface area contributed by atoms with Gasteiger partial charge in [-0.25, -0.2) is 0 Å². The fraction of sp³-hybridized carbons (Fsp3) is 0.133. The van der Waals surface area contributed by atoms with Gasteiger partial charge in [0.2, 0.25) is 0 Å². The third-order valence-electron chi connectivity index (χ3n) is 2.59. The number of hydrazine groups is 1. The molecule has 110 valence electrons. The van der Waals surface area contributed by atoms with Crippen molar-refractivity contribution in [3.8, 4) is 5.75 Å². The van der Waals surface area contributed by atoms with E-state index in [0.29, 0.717) is 16.7 Å². The number of halogens is 1. The summed E-state index contributed by atoms with van der Waals surface area (Å²) in [6.45, 7) is 2.60. The zero-order valence-corrected chi connectivity index (χ0v) is 13.1. The van der Waals surface area contributed by atoms with Crippen molar-refractivity contribution in [3.05, 3.63) is 53.6 Å². The minimum absolute atomic E-state index is 0.467. The molecular formula is C15H16ClN3OS. The number of rotatable bonds is 5. The summed E-state index contributed by atoms with van der Waals surface area (Å²) in [7, 11) is 0. The van der Waals surface area contributed by atoms with Crippen molar-refractivity contribution >= 4 is 40.3 Å². The number of benzene rings is 2. The van der Waals surface area contributed by atoms with Crippen molar-refractivity contribution in [2.24, 2.45) is 0 Å². The van der Waals surface area contributed by atoms with Crippen LogP contribution in [-0.2, 0) is 0 Å². The van der Waals surface area contributed by atoms with E-state index in [1.165, 1.54) is 0 Å². The van der Waals surface area contributed by atoms with Gasteiger partial charge in [-0.1, -0.05) is 11.6 Å². The van der Waals surface area contributed by atoms with Crippen LogP contribution < -0.4 is 20.9 Å². The summed E-state index contributed by atoms with van der Waals surface area (Å²) in [6.07, 6.45) is 0. The molecule has 0 radical (unpaired) electrons. The molecule has 0 aliphatic carbocycles. The van der Waals surface area contributed by atoms with E-state index in [2.05, 4.69) is 16.2 Å². The number of hydrogen-bond donors (Lipinski definition) is 3. The first kappa shape index (κ1) is 15.4. The summed E-state index contributed by atoms with van der Waals surface area (Å²) in [5.41, 5.74) is 7.64. The van der Waals surface area contributed by atoms with E-state index >= 15 is 0 Å². The zero-order chi connectivity index (χ0) is 15.1. The van der Waals surface area contributed by atoms with E-state index in [1.807, 2.05) is 43.3 Å². The third-order valence-corrected chi connectivity index (χ3v) is 3.04. The van der Waals surface area contributed by atoms with E-state index in [1.54, 1.807) is 12.1 Å². The Labute approximate surface area is 134 Å². The van der Waals surface area contributed by atoms with E-state index in [9.17, 15) is 0 Å². The molecule has 0 aliphatic heterocycles. The Balaban J connectivity index is 1.82. The summed E-state index contributed by atoms with van der Waals surface area (Å²) >= 11 is 11.0. The quantitative estimate of drug-likeness (QED) is 0.573. The Hall–Kier alpha value is -1.98. The fourth-order valence-electron chi connectivity index (χ4n) is 1.63. The second-order valence-corrected chi connectivity index (χ2v) is 5.01. The minimum Gasteiger partial charge on any atom is -0.494 e. The number of hydrogen-bond acceptors (Lipinski definition) is 3. The average Bonchev–Trinajstić information content (AvgIpc) is 2.49. The lowest BCUT2D eigenvalue weighted by molar-refractivity contribution is 0.340. The topological polar surface area (TPSA) is 45.3 Å². The average molecular weight is 322 g/mol. The maximum atomic E-state index is 5.82. The highest BCUT2D eigenvalue weighted by atomic mass is 35.5. The monoisotopic (exact) mass is 321 g/mol. The molecule has 0 saturated heterocycles. The highest BCUT2D eigenvalue weighted by molar-refractivity contribution is 7.80. The van der Waals surface area contributed by atoms with Crippen LogP contribution in [0.15, 0.2) is 48.5 Å². The Morgan fingerprint density at radius 2 is 1.67 bits per heavy atom. The molecule has 2 rings (SSSR count). The largest absolute Gasteiger partial charge is 0.494 e. The van der Waals surface area contributed by atoms with Crippen LogP contribution in [-0.4, -0.2) is 11.7 Å². The van der Waals surface area contributed by atoms with E-state index in [4.69, 9.17) is 28.6 Å². The summed E-state index contributed by atoms with van der Waals surface area (Å²) in [5.74, 6) is 0.834. The normalized spacial score (nSPS) is 9.81. The predicted octanol–water partition coefficient (Wildman–Crippen LogP) is 4.05. The van der Waals surface area contributed by atoms with Crippen LogP contribution in [0.25, 0.3) is 0 Å². The molecule has 0 atom stereocenters. The SMILES string of the molecule is CCOc1ccc(NC(=S)NNc2ccc(Cl)cc2)cc1. The first-order valence-corrected chi connectivity index (χ1v) is 7.27. The lowest BCUT2D eigenvalue weighted by atomic mass is 10.3. The van der Waals surface area contributed by atoms with Gasteiger partial charge in [-0.3, -0.25) is 10.9 Å². The Morgan fingerprint density at radius 1 is 1.05 bits per heavy atom. The minimum atomic E-state index is 0.467. The maximum Gasteiger partial charge on any atom is 0.189 e. The molecular weight excluding hydrogens is 306 g/mol. The molecule has 0 bridgehead atoms. The molecule has 21 heavy (non-hydrogen) atoms. The molecule has 0 saturated carbocycles. The van der Waals surface area contributed by atoms with Gasteiger partial charge in [-0.15, -0.1) is 0 Å². The van der Waals surface area contributed by atoms with Crippen LogP contribution in [0.2, 0.25) is 5.02 Å². The van der Waals surface area contributed by atoms with E-state index in [0.717, 1.165) is 17.1 Å². The second kappa shape index (κ2) is 7.71. The van der Waals surface area contributed by atoms with Gasteiger partial charge < -0.3 is 10.1 Å². The molecule has 6 heteroatoms. The zero-order valence-electron chi connectivity index (χ0n) is 11.5. The molecule has 0 spiro atoms. The summed E-state index contributed by atoms with van der Waals surface area (Å²) < 4.78 is 5.38. The number of anilines is 2. The van der Waals surface area contributed by atoms with Gasteiger partial charge in [-0.2, -0.15) is 0 Å². The van der Waals surface area contributed by atoms with Crippen molar-refractivity contribution in [1.29, 1.82) is 0 Å². The van der Waals surface area contributed by atoms with Crippen molar-refractivity contribution in [2.75, 3.05) is 17.3 Å². The van der Waals surface area contributed by atoms with E-state index < -0.39 is 0 Å². The van der Waals surface area contributed by atoms with Gasteiger partial charge in [0.05, 0.1) is 12.3 Å². The van der Waals surface area contributed by atoms with Gasteiger partial charge in [-0.05, 0) is 67.7 Å². The molecule has 0 aliphatic rings. The smallest absolute Gasteiger partial charge is 0.189 e. The molecule has 3 N–H and O–H groups in total. The number of nitrogens with one attached hydrogen (secondary N) is 3. The maximum absolute atomic E-state index is 5.82. The highest BCUT2D eigenvalue weighted by Gasteiger charge is 1.98. The van der Waals surface area contributed by atoms with Gasteiger partial charge >= 0.3 is 0 Å². The van der Waals surface area contributed by atoms with Crippen LogP contribution in [0, 0.1) is 0 Å². The first-order valence-electron chi connectivity index (χ1n) is 6.49. The molecule has 0 unspecified atom stereocenters. The summed E-state index contributed by atoms with van der Waals surface area (Å²) in [4.78, 5) is 0. The molecule has 0 amide bonds. The van der Waals surface area contributed by atoms with Gasteiger partial charge in [0.25, 0.3) is 0 Å². The van der Waals surface area contributed by atoms with Crippen molar-refractivity contribution < 1.29 is 4.74 Å². The Bertz CT molecular complexity index is 587. The molecule has 4 nitrogen and oxygen atoms in total. The molecule has 0 fully saturated rings. The van der Waals surface area contributed by atoms with Crippen LogP contribution in [0.5, 0.6) is 5.75 Å². The van der Waals surface area contributed by atoms with Crippen LogP contribution in [0.3, 0.4) is 0 Å². The van der Waals surface area contributed by atoms with Crippen molar-refractivity contribution in [2.45, 2.75) is 6.92 Å². The molecule has 2 aromatic carbocycles. The lowest BCUT2D eigenvalue weighted by Crippen LogP contribution is -2.33. The Morgan fingerprint density at radius 3 is 2.29 bits per heavy atom. The number of thiocarbonyl (C=S) groups is 1. The molecule has 2 aromatic rings. The van der Waals surface area contributed by atoms with Crippen molar-refractivity contribution in [3.63, 3.8) is 0 Å². The van der Waals surface area contributed by atoms with Crippen LogP contribution in [0.4, 0.5) is 11.4 Å². The molecule has 0 aromatic heterocycles. The number of ether oxygens (including phenoxy) is 1. The summed E-state index contributed by atoms with van der Waals surface area (Å²) in [6, 6.07) is 14.9. The van der Waals surface area contributed by atoms with Gasteiger partial charge in [0.15, 0.2) is 5.11 Å². The van der Waals surface area contributed by atoms with Crippen LogP contribution >= 0.6 is 23.8 Å².